The number of ether oxygens (including phenoxy) is 1. The van der Waals surface area contributed by atoms with Gasteiger partial charge in [-0.1, -0.05) is 44.2 Å². The van der Waals surface area contributed by atoms with Gasteiger partial charge in [0.1, 0.15) is 6.61 Å². The van der Waals surface area contributed by atoms with Crippen molar-refractivity contribution in [3.05, 3.63) is 35.9 Å². The van der Waals surface area contributed by atoms with Gasteiger partial charge in [-0.3, -0.25) is 0 Å². The Balaban J connectivity index is 2.70. The van der Waals surface area contributed by atoms with Crippen LogP contribution >= 0.6 is 0 Å². The van der Waals surface area contributed by atoms with Gasteiger partial charge in [-0.25, -0.2) is 4.79 Å². The molecule has 0 amide bonds. The molecule has 1 aromatic rings. The molecule has 0 saturated carbocycles. The molecule has 1 N–H and O–H groups in total. The van der Waals surface area contributed by atoms with E-state index < -0.39 is 6.16 Å². The summed E-state index contributed by atoms with van der Waals surface area (Å²) in [6.45, 7) is 4.07. The van der Waals surface area contributed by atoms with E-state index in [1.54, 1.807) is 0 Å². The molecule has 0 aliphatic rings. The van der Waals surface area contributed by atoms with Crippen molar-refractivity contribution in [1.82, 2.24) is 0 Å². The minimum absolute atomic E-state index is 0.173. The average Bonchev–Trinajstić information content (AvgIpc) is 2.16. The van der Waals surface area contributed by atoms with Crippen LogP contribution in [0, 0.1) is 0 Å². The predicted octanol–water partition coefficient (Wildman–Crippen LogP) is 2.66. The summed E-state index contributed by atoms with van der Waals surface area (Å²) in [4.78, 5) is 10.3. The molecule has 3 nitrogen and oxygen atoms in total. The van der Waals surface area contributed by atoms with Gasteiger partial charge in [0.15, 0.2) is 0 Å². The summed E-state index contributed by atoms with van der Waals surface area (Å²) in [7, 11) is 0. The number of hydrogen-bond acceptors (Lipinski definition) is 2. The second kappa shape index (κ2) is 4.13. The Morgan fingerprint density at radius 2 is 1.93 bits per heavy atom. The van der Waals surface area contributed by atoms with Crippen LogP contribution < -0.4 is 0 Å². The van der Waals surface area contributed by atoms with Crippen LogP contribution in [-0.4, -0.2) is 17.9 Å². The fourth-order valence-corrected chi connectivity index (χ4v) is 1.21. The van der Waals surface area contributed by atoms with Gasteiger partial charge >= 0.3 is 6.16 Å². The molecular weight excluding hydrogens is 180 g/mol. The van der Waals surface area contributed by atoms with Crippen molar-refractivity contribution in [2.45, 2.75) is 19.3 Å². The summed E-state index contributed by atoms with van der Waals surface area (Å²) in [6, 6.07) is 9.71. The molecule has 0 aliphatic heterocycles. The Bertz CT molecular complexity index is 304. The summed E-state index contributed by atoms with van der Waals surface area (Å²) in [5, 5.41) is 8.40. The van der Waals surface area contributed by atoms with E-state index in [1.165, 1.54) is 0 Å². The van der Waals surface area contributed by atoms with Crippen molar-refractivity contribution in [3.63, 3.8) is 0 Å². The Morgan fingerprint density at radius 3 is 2.43 bits per heavy atom. The first-order valence-corrected chi connectivity index (χ1v) is 4.43. The lowest BCUT2D eigenvalue weighted by molar-refractivity contribution is 0.0744. The predicted molar refractivity (Wildman–Crippen MR) is 53.4 cm³/mol. The third-order valence-electron chi connectivity index (χ3n) is 2.11. The standard InChI is InChI=1S/C11H14O3/c1-11(2,8-14-10(12)13)9-6-4-3-5-7-9/h3-7H,8H2,1-2H3,(H,12,13). The number of carboxylic acid groups (broad SMARTS) is 1. The van der Waals surface area contributed by atoms with E-state index in [4.69, 9.17) is 5.11 Å². The van der Waals surface area contributed by atoms with E-state index in [9.17, 15) is 4.79 Å². The largest absolute Gasteiger partial charge is 0.505 e. The first-order valence-electron chi connectivity index (χ1n) is 4.43. The summed E-state index contributed by atoms with van der Waals surface area (Å²) in [5.74, 6) is 0. The van der Waals surface area contributed by atoms with Crippen LogP contribution in [0.4, 0.5) is 4.79 Å². The highest BCUT2D eigenvalue weighted by Crippen LogP contribution is 2.22. The molecule has 0 unspecified atom stereocenters. The first-order chi connectivity index (χ1) is 6.52. The van der Waals surface area contributed by atoms with Gasteiger partial charge in [0, 0.05) is 5.41 Å². The van der Waals surface area contributed by atoms with Crippen LogP contribution in [0.25, 0.3) is 0 Å². The molecule has 0 spiro atoms. The zero-order valence-electron chi connectivity index (χ0n) is 8.36. The molecule has 14 heavy (non-hydrogen) atoms. The summed E-state index contributed by atoms with van der Waals surface area (Å²) in [5.41, 5.74) is 0.792. The molecule has 1 rings (SSSR count). The highest BCUT2D eigenvalue weighted by atomic mass is 16.7. The van der Waals surface area contributed by atoms with E-state index >= 15 is 0 Å². The molecule has 0 radical (unpaired) electrons. The maximum atomic E-state index is 10.3. The van der Waals surface area contributed by atoms with Gasteiger partial charge in [0.2, 0.25) is 0 Å². The fourth-order valence-electron chi connectivity index (χ4n) is 1.21. The SMILES string of the molecule is CC(C)(COC(=O)O)c1ccccc1. The van der Waals surface area contributed by atoms with Crippen molar-refractivity contribution in [3.8, 4) is 0 Å². The normalized spacial score (nSPS) is 11.0. The van der Waals surface area contributed by atoms with Crippen LogP contribution in [0.3, 0.4) is 0 Å². The smallest absolute Gasteiger partial charge is 0.450 e. The Kier molecular flexibility index (Phi) is 3.12. The van der Waals surface area contributed by atoms with Gasteiger partial charge in [0.25, 0.3) is 0 Å². The monoisotopic (exact) mass is 194 g/mol. The Hall–Kier alpha value is -1.51. The van der Waals surface area contributed by atoms with Crippen LogP contribution in [0.2, 0.25) is 0 Å². The molecule has 0 bridgehead atoms. The zero-order chi connectivity index (χ0) is 10.6. The van der Waals surface area contributed by atoms with Crippen LogP contribution in [0.15, 0.2) is 30.3 Å². The van der Waals surface area contributed by atoms with E-state index in [-0.39, 0.29) is 12.0 Å². The third kappa shape index (κ3) is 2.76. The lowest BCUT2D eigenvalue weighted by Gasteiger charge is -2.23. The summed E-state index contributed by atoms with van der Waals surface area (Å²) < 4.78 is 4.58. The number of benzene rings is 1. The van der Waals surface area contributed by atoms with Crippen LogP contribution in [0.5, 0.6) is 0 Å². The zero-order valence-corrected chi connectivity index (χ0v) is 8.36. The Morgan fingerprint density at radius 1 is 1.36 bits per heavy atom. The molecule has 0 saturated heterocycles. The van der Waals surface area contributed by atoms with Crippen molar-refractivity contribution in [2.75, 3.05) is 6.61 Å². The molecule has 3 heteroatoms. The second-order valence-electron chi connectivity index (χ2n) is 3.80. The lowest BCUT2D eigenvalue weighted by atomic mass is 9.86. The first kappa shape index (κ1) is 10.6. The van der Waals surface area contributed by atoms with E-state index in [0.717, 1.165) is 5.56 Å². The summed E-state index contributed by atoms with van der Waals surface area (Å²) >= 11 is 0. The molecule has 0 fully saturated rings. The Labute approximate surface area is 83.3 Å². The van der Waals surface area contributed by atoms with Crippen molar-refractivity contribution < 1.29 is 14.6 Å². The summed E-state index contributed by atoms with van der Waals surface area (Å²) in [6.07, 6.45) is -1.23. The fraction of sp³-hybridized carbons (Fsp3) is 0.364. The quantitative estimate of drug-likeness (QED) is 0.752. The molecule has 0 heterocycles. The van der Waals surface area contributed by atoms with E-state index in [2.05, 4.69) is 4.74 Å². The molecule has 0 aromatic heterocycles. The highest BCUT2D eigenvalue weighted by molar-refractivity contribution is 5.56. The molecule has 0 atom stereocenters. The van der Waals surface area contributed by atoms with Crippen LogP contribution in [-0.2, 0) is 10.2 Å². The van der Waals surface area contributed by atoms with E-state index in [0.29, 0.717) is 0 Å². The van der Waals surface area contributed by atoms with Crippen molar-refractivity contribution in [1.29, 1.82) is 0 Å². The van der Waals surface area contributed by atoms with Crippen LogP contribution in [0.1, 0.15) is 19.4 Å². The van der Waals surface area contributed by atoms with Crippen molar-refractivity contribution in [2.24, 2.45) is 0 Å². The topological polar surface area (TPSA) is 46.5 Å². The maximum absolute atomic E-state index is 10.3. The minimum atomic E-state index is -1.23. The lowest BCUT2D eigenvalue weighted by Crippen LogP contribution is -2.25. The van der Waals surface area contributed by atoms with E-state index in [1.807, 2.05) is 44.2 Å². The highest BCUT2D eigenvalue weighted by Gasteiger charge is 2.22. The van der Waals surface area contributed by atoms with Gasteiger partial charge < -0.3 is 9.84 Å². The third-order valence-corrected chi connectivity index (χ3v) is 2.11. The van der Waals surface area contributed by atoms with Gasteiger partial charge in [-0.05, 0) is 5.56 Å². The number of rotatable bonds is 3. The van der Waals surface area contributed by atoms with Gasteiger partial charge in [-0.2, -0.15) is 0 Å². The number of hydrogen-bond donors (Lipinski definition) is 1. The molecular formula is C11H14O3. The van der Waals surface area contributed by atoms with Gasteiger partial charge in [-0.15, -0.1) is 0 Å². The van der Waals surface area contributed by atoms with Gasteiger partial charge in [0.05, 0.1) is 0 Å². The average molecular weight is 194 g/mol. The number of carbonyl (C=O) groups is 1. The minimum Gasteiger partial charge on any atom is -0.450 e. The maximum Gasteiger partial charge on any atom is 0.505 e. The molecule has 0 aliphatic carbocycles. The molecule has 1 aromatic carbocycles. The molecule has 76 valence electrons. The van der Waals surface area contributed by atoms with Crippen molar-refractivity contribution >= 4 is 6.16 Å². The second-order valence-corrected chi connectivity index (χ2v) is 3.80.